The molecule has 1 aromatic carbocycles. The average Bonchev–Trinajstić information content (AvgIpc) is 2.38. The van der Waals surface area contributed by atoms with Crippen molar-refractivity contribution in [2.45, 2.75) is 13.8 Å². The molecule has 0 amide bonds. The largest absolute Gasteiger partial charge is 0.263 e. The van der Waals surface area contributed by atoms with E-state index in [0.29, 0.717) is 5.56 Å². The highest BCUT2D eigenvalue weighted by Crippen LogP contribution is 2.16. The zero-order valence-electron chi connectivity index (χ0n) is 10.5. The lowest BCUT2D eigenvalue weighted by atomic mass is 10.0. The van der Waals surface area contributed by atoms with Gasteiger partial charge in [0.25, 0.3) is 0 Å². The molecule has 0 radical (unpaired) electrons. The van der Waals surface area contributed by atoms with Gasteiger partial charge in [0.2, 0.25) is 0 Å². The summed E-state index contributed by atoms with van der Waals surface area (Å²) in [6.07, 6.45) is 7.38. The second-order valence-corrected chi connectivity index (χ2v) is 4.26. The van der Waals surface area contributed by atoms with Crippen LogP contribution >= 0.6 is 0 Å². The molecule has 0 saturated carbocycles. The third kappa shape index (κ3) is 2.64. The summed E-state index contributed by atoms with van der Waals surface area (Å²) in [5.41, 5.74) is 5.24. The number of pyridine rings is 1. The van der Waals surface area contributed by atoms with Crippen LogP contribution in [0.25, 0.3) is 12.2 Å². The Balaban J connectivity index is 2.33. The Kier molecular flexibility index (Phi) is 3.54. The average molecular weight is 234 g/mol. The minimum Gasteiger partial charge on any atom is -0.263 e. The summed E-state index contributed by atoms with van der Waals surface area (Å²) in [6.45, 7) is 4.19. The quantitative estimate of drug-likeness (QED) is 0.793. The summed E-state index contributed by atoms with van der Waals surface area (Å²) in [5, 5.41) is 8.82. The SMILES string of the molecule is Cc1cccc(C)c1/C=C/c1cncc(C#N)c1. The Hall–Kier alpha value is -2.40. The summed E-state index contributed by atoms with van der Waals surface area (Å²) >= 11 is 0. The van der Waals surface area contributed by atoms with Crippen LogP contribution in [-0.2, 0) is 0 Å². The molecule has 18 heavy (non-hydrogen) atoms. The van der Waals surface area contributed by atoms with Crippen LogP contribution in [0.15, 0.2) is 36.7 Å². The standard InChI is InChI=1S/C16H14N2/c1-12-4-3-5-13(2)16(12)7-6-14-8-15(9-17)11-18-10-14/h3-8,10-11H,1-2H3/b7-6+. The maximum absolute atomic E-state index is 8.82. The molecular formula is C16H14N2. The first-order chi connectivity index (χ1) is 8.70. The summed E-state index contributed by atoms with van der Waals surface area (Å²) in [4.78, 5) is 4.04. The minimum atomic E-state index is 0.582. The summed E-state index contributed by atoms with van der Waals surface area (Å²) in [7, 11) is 0. The molecule has 0 aliphatic rings. The normalized spacial score (nSPS) is 10.5. The van der Waals surface area contributed by atoms with Crippen molar-refractivity contribution >= 4 is 12.2 Å². The Bertz CT molecular complexity index is 614. The maximum atomic E-state index is 8.82. The molecule has 2 heteroatoms. The van der Waals surface area contributed by atoms with E-state index >= 15 is 0 Å². The second-order valence-electron chi connectivity index (χ2n) is 4.26. The topological polar surface area (TPSA) is 36.7 Å². The Morgan fingerprint density at radius 3 is 2.50 bits per heavy atom. The molecular weight excluding hydrogens is 220 g/mol. The van der Waals surface area contributed by atoms with Crippen LogP contribution in [0, 0.1) is 25.2 Å². The van der Waals surface area contributed by atoms with Gasteiger partial charge in [-0.2, -0.15) is 5.26 Å². The number of nitriles is 1. The van der Waals surface area contributed by atoms with Gasteiger partial charge in [-0.25, -0.2) is 0 Å². The third-order valence-electron chi connectivity index (χ3n) is 2.87. The summed E-state index contributed by atoms with van der Waals surface area (Å²) in [5.74, 6) is 0. The molecule has 1 heterocycles. The fourth-order valence-corrected chi connectivity index (χ4v) is 1.88. The van der Waals surface area contributed by atoms with Crippen LogP contribution in [0.1, 0.15) is 27.8 Å². The van der Waals surface area contributed by atoms with E-state index in [0.717, 1.165) is 5.56 Å². The van der Waals surface area contributed by atoms with Gasteiger partial charge in [0.05, 0.1) is 5.56 Å². The van der Waals surface area contributed by atoms with Gasteiger partial charge in [-0.05, 0) is 42.2 Å². The van der Waals surface area contributed by atoms with Gasteiger partial charge < -0.3 is 0 Å². The first kappa shape index (κ1) is 12.1. The predicted molar refractivity (Wildman–Crippen MR) is 73.8 cm³/mol. The lowest BCUT2D eigenvalue weighted by Crippen LogP contribution is -1.85. The molecule has 0 spiro atoms. The van der Waals surface area contributed by atoms with Crippen molar-refractivity contribution in [2.75, 3.05) is 0 Å². The van der Waals surface area contributed by atoms with Gasteiger partial charge in [-0.15, -0.1) is 0 Å². The molecule has 0 aliphatic carbocycles. The van der Waals surface area contributed by atoms with Gasteiger partial charge in [0.1, 0.15) is 6.07 Å². The number of benzene rings is 1. The van der Waals surface area contributed by atoms with Gasteiger partial charge in [-0.3, -0.25) is 4.98 Å². The molecule has 88 valence electrons. The van der Waals surface area contributed by atoms with Gasteiger partial charge in [0.15, 0.2) is 0 Å². The highest BCUT2D eigenvalue weighted by Gasteiger charge is 1.98. The first-order valence-electron chi connectivity index (χ1n) is 5.80. The van der Waals surface area contributed by atoms with Crippen LogP contribution in [0.2, 0.25) is 0 Å². The lowest BCUT2D eigenvalue weighted by Gasteiger charge is -2.04. The smallest absolute Gasteiger partial charge is 0.101 e. The number of nitrogens with zero attached hydrogens (tertiary/aromatic N) is 2. The predicted octanol–water partition coefficient (Wildman–Crippen LogP) is 3.74. The van der Waals surface area contributed by atoms with E-state index in [1.807, 2.05) is 12.1 Å². The summed E-state index contributed by atoms with van der Waals surface area (Å²) < 4.78 is 0. The first-order valence-corrected chi connectivity index (χ1v) is 5.80. The van der Waals surface area contributed by atoms with Crippen LogP contribution in [0.3, 0.4) is 0 Å². The monoisotopic (exact) mass is 234 g/mol. The van der Waals surface area contributed by atoms with E-state index in [1.54, 1.807) is 12.4 Å². The molecule has 0 N–H and O–H groups in total. The number of hydrogen-bond acceptors (Lipinski definition) is 2. The van der Waals surface area contributed by atoms with Crippen molar-refractivity contribution in [3.05, 3.63) is 64.5 Å². The second kappa shape index (κ2) is 5.29. The van der Waals surface area contributed by atoms with Gasteiger partial charge in [-0.1, -0.05) is 30.4 Å². The molecule has 0 unspecified atom stereocenters. The molecule has 0 bridgehead atoms. The van der Waals surface area contributed by atoms with E-state index in [2.05, 4.69) is 49.2 Å². The van der Waals surface area contributed by atoms with E-state index in [9.17, 15) is 0 Å². The van der Waals surface area contributed by atoms with E-state index in [4.69, 9.17) is 5.26 Å². The molecule has 0 aliphatic heterocycles. The van der Waals surface area contributed by atoms with Crippen molar-refractivity contribution in [1.29, 1.82) is 5.26 Å². The minimum absolute atomic E-state index is 0.582. The fourth-order valence-electron chi connectivity index (χ4n) is 1.88. The van der Waals surface area contributed by atoms with Crippen LogP contribution < -0.4 is 0 Å². The third-order valence-corrected chi connectivity index (χ3v) is 2.87. The Labute approximate surface area is 107 Å². The van der Waals surface area contributed by atoms with Crippen molar-refractivity contribution in [3.63, 3.8) is 0 Å². The zero-order valence-corrected chi connectivity index (χ0v) is 10.5. The molecule has 0 saturated heterocycles. The van der Waals surface area contributed by atoms with Gasteiger partial charge in [0, 0.05) is 12.4 Å². The maximum Gasteiger partial charge on any atom is 0.101 e. The van der Waals surface area contributed by atoms with Crippen molar-refractivity contribution in [3.8, 4) is 6.07 Å². The zero-order chi connectivity index (χ0) is 13.0. The van der Waals surface area contributed by atoms with E-state index in [1.165, 1.54) is 16.7 Å². The van der Waals surface area contributed by atoms with Crippen molar-refractivity contribution in [2.24, 2.45) is 0 Å². The van der Waals surface area contributed by atoms with Crippen molar-refractivity contribution < 1.29 is 0 Å². The van der Waals surface area contributed by atoms with E-state index in [-0.39, 0.29) is 0 Å². The van der Waals surface area contributed by atoms with Crippen LogP contribution in [-0.4, -0.2) is 4.98 Å². The van der Waals surface area contributed by atoms with Crippen LogP contribution in [0.5, 0.6) is 0 Å². The molecule has 0 atom stereocenters. The number of rotatable bonds is 2. The lowest BCUT2D eigenvalue weighted by molar-refractivity contribution is 1.29. The van der Waals surface area contributed by atoms with Crippen LogP contribution in [0.4, 0.5) is 0 Å². The fraction of sp³-hybridized carbons (Fsp3) is 0.125. The number of hydrogen-bond donors (Lipinski definition) is 0. The Morgan fingerprint density at radius 2 is 1.83 bits per heavy atom. The van der Waals surface area contributed by atoms with Crippen molar-refractivity contribution in [1.82, 2.24) is 4.98 Å². The highest BCUT2D eigenvalue weighted by molar-refractivity contribution is 5.72. The molecule has 2 aromatic rings. The highest BCUT2D eigenvalue weighted by atomic mass is 14.6. The molecule has 0 fully saturated rings. The summed E-state index contributed by atoms with van der Waals surface area (Å²) in [6, 6.07) is 10.2. The number of aryl methyl sites for hydroxylation is 2. The van der Waals surface area contributed by atoms with E-state index < -0.39 is 0 Å². The molecule has 1 aromatic heterocycles. The van der Waals surface area contributed by atoms with Gasteiger partial charge >= 0.3 is 0 Å². The molecule has 2 rings (SSSR count). The molecule has 2 nitrogen and oxygen atoms in total. The number of aromatic nitrogens is 1. The Morgan fingerprint density at radius 1 is 1.11 bits per heavy atom.